The van der Waals surface area contributed by atoms with Crippen LogP contribution < -0.4 is 10.6 Å². The molecule has 2 N–H and O–H groups in total. The van der Waals surface area contributed by atoms with Gasteiger partial charge in [-0.05, 0) is 38.1 Å². The lowest BCUT2D eigenvalue weighted by Gasteiger charge is -2.16. The molecule has 0 radical (unpaired) electrons. The third-order valence-corrected chi connectivity index (χ3v) is 2.81. The van der Waals surface area contributed by atoms with E-state index in [9.17, 15) is 0 Å². The van der Waals surface area contributed by atoms with Crippen molar-refractivity contribution in [1.29, 1.82) is 0 Å². The van der Waals surface area contributed by atoms with Crippen molar-refractivity contribution in [1.82, 2.24) is 0 Å². The highest BCUT2D eigenvalue weighted by Crippen LogP contribution is 2.15. The number of aliphatic imine (C=N–C) groups is 1. The van der Waals surface area contributed by atoms with E-state index >= 15 is 0 Å². The quantitative estimate of drug-likeness (QED) is 0.898. The molecule has 1 aliphatic rings. The third kappa shape index (κ3) is 4.84. The number of halogens is 1. The Morgan fingerprint density at radius 2 is 2.06 bits per heavy atom. The second kappa shape index (κ2) is 7.11. The smallest absolute Gasteiger partial charge is 0.282 e. The van der Waals surface area contributed by atoms with Gasteiger partial charge in [0.15, 0.2) is 0 Å². The summed E-state index contributed by atoms with van der Waals surface area (Å²) in [6.45, 7) is 5.74. The lowest BCUT2D eigenvalue weighted by atomic mass is 10.3. The first-order chi connectivity index (χ1) is 8.52. The molecule has 1 unspecified atom stereocenters. The maximum atomic E-state index is 5.74. The summed E-state index contributed by atoms with van der Waals surface area (Å²) in [7, 11) is 2.06. The molecule has 1 aromatic rings. The highest BCUT2D eigenvalue weighted by molar-refractivity contribution is 6.30. The fourth-order valence-electron chi connectivity index (χ4n) is 1.38. The lowest BCUT2D eigenvalue weighted by Crippen LogP contribution is -2.15. The molecule has 0 aromatic heterocycles. The van der Waals surface area contributed by atoms with Crippen LogP contribution in [0.5, 0.6) is 0 Å². The van der Waals surface area contributed by atoms with E-state index in [0.29, 0.717) is 12.6 Å². The van der Waals surface area contributed by atoms with Crippen LogP contribution in [0.25, 0.3) is 0 Å². The molecule has 0 amide bonds. The van der Waals surface area contributed by atoms with Crippen molar-refractivity contribution in [3.63, 3.8) is 0 Å². The lowest BCUT2D eigenvalue weighted by molar-refractivity contribution is 0.319. The number of anilines is 1. The Balaban J connectivity index is 0.000000199. The van der Waals surface area contributed by atoms with Crippen LogP contribution >= 0.6 is 11.6 Å². The van der Waals surface area contributed by atoms with Gasteiger partial charge in [-0.15, -0.1) is 0 Å². The number of ether oxygens (including phenoxy) is 1. The summed E-state index contributed by atoms with van der Waals surface area (Å²) in [6, 6.07) is 8.44. The number of hydrogen-bond acceptors (Lipinski definition) is 4. The first-order valence-corrected chi connectivity index (χ1v) is 6.33. The maximum Gasteiger partial charge on any atom is 0.282 e. The predicted octanol–water partition coefficient (Wildman–Crippen LogP) is 2.52. The Kier molecular flexibility index (Phi) is 5.78. The van der Waals surface area contributed by atoms with Crippen LogP contribution in [0.1, 0.15) is 13.8 Å². The van der Waals surface area contributed by atoms with Crippen molar-refractivity contribution in [2.45, 2.75) is 19.9 Å². The molecule has 0 aliphatic carbocycles. The predicted molar refractivity (Wildman–Crippen MR) is 77.4 cm³/mol. The van der Waals surface area contributed by atoms with Gasteiger partial charge in [-0.1, -0.05) is 11.6 Å². The Morgan fingerprint density at radius 3 is 2.39 bits per heavy atom. The normalized spacial score (nSPS) is 17.3. The van der Waals surface area contributed by atoms with Gasteiger partial charge in [0.05, 0.1) is 6.04 Å². The Hall–Kier alpha value is -1.42. The monoisotopic (exact) mass is 269 g/mol. The number of rotatable bonds is 2. The zero-order chi connectivity index (χ0) is 13.5. The minimum absolute atomic E-state index is 0.264. The van der Waals surface area contributed by atoms with Crippen molar-refractivity contribution in [3.05, 3.63) is 29.3 Å². The second-order valence-electron chi connectivity index (χ2n) is 4.12. The summed E-state index contributed by atoms with van der Waals surface area (Å²) in [6.07, 6.45) is 0. The van der Waals surface area contributed by atoms with Gasteiger partial charge in [0, 0.05) is 24.3 Å². The molecule has 0 saturated carbocycles. The number of nitrogens with zero attached hydrogens (tertiary/aromatic N) is 2. The third-order valence-electron chi connectivity index (χ3n) is 2.56. The summed E-state index contributed by atoms with van der Waals surface area (Å²) in [5, 5.41) is 0.790. The first-order valence-electron chi connectivity index (χ1n) is 5.95. The summed E-state index contributed by atoms with van der Waals surface area (Å²) < 4.78 is 4.79. The molecule has 0 spiro atoms. The van der Waals surface area contributed by atoms with E-state index in [1.54, 1.807) is 0 Å². The number of benzene rings is 1. The fraction of sp³-hybridized carbons (Fsp3) is 0.462. The fourth-order valence-corrected chi connectivity index (χ4v) is 1.50. The SMILES string of the molecule is CC1COC(N)=N1.CCN(C)c1ccc(Cl)cc1. The number of nitrogens with two attached hydrogens (primary N) is 1. The average molecular weight is 270 g/mol. The minimum atomic E-state index is 0.264. The molecular weight excluding hydrogens is 250 g/mol. The van der Waals surface area contributed by atoms with Gasteiger partial charge in [-0.2, -0.15) is 0 Å². The van der Waals surface area contributed by atoms with Gasteiger partial charge in [0.2, 0.25) is 0 Å². The summed E-state index contributed by atoms with van der Waals surface area (Å²) in [5.41, 5.74) is 6.36. The highest BCUT2D eigenvalue weighted by atomic mass is 35.5. The van der Waals surface area contributed by atoms with Crippen molar-refractivity contribution in [2.24, 2.45) is 10.7 Å². The molecule has 1 atom stereocenters. The topological polar surface area (TPSA) is 50.9 Å². The van der Waals surface area contributed by atoms with E-state index in [4.69, 9.17) is 22.1 Å². The summed E-state index contributed by atoms with van der Waals surface area (Å²) >= 11 is 5.74. The average Bonchev–Trinajstić information content (AvgIpc) is 2.74. The standard InChI is InChI=1S/C9H12ClN.C4H8N2O/c1-3-11(2)9-6-4-8(10)5-7-9;1-3-2-7-4(5)6-3/h4-7H,3H2,1-2H3;3H,2H2,1H3,(H2,5,6). The molecule has 18 heavy (non-hydrogen) atoms. The van der Waals surface area contributed by atoms with Crippen LogP contribution in [0.3, 0.4) is 0 Å². The molecule has 0 bridgehead atoms. The van der Waals surface area contributed by atoms with Gasteiger partial charge in [0.25, 0.3) is 6.02 Å². The zero-order valence-electron chi connectivity index (χ0n) is 11.1. The molecule has 4 nitrogen and oxygen atoms in total. The second-order valence-corrected chi connectivity index (χ2v) is 4.55. The molecule has 5 heteroatoms. The van der Waals surface area contributed by atoms with Gasteiger partial charge < -0.3 is 15.4 Å². The van der Waals surface area contributed by atoms with E-state index < -0.39 is 0 Å². The molecular formula is C13H20ClN3O. The van der Waals surface area contributed by atoms with E-state index in [-0.39, 0.29) is 6.04 Å². The van der Waals surface area contributed by atoms with Crippen molar-refractivity contribution in [3.8, 4) is 0 Å². The Labute approximate surface area is 113 Å². The van der Waals surface area contributed by atoms with Gasteiger partial charge in [-0.3, -0.25) is 0 Å². The number of hydrogen-bond donors (Lipinski definition) is 1. The van der Waals surface area contributed by atoms with Gasteiger partial charge in [0.1, 0.15) is 6.61 Å². The van der Waals surface area contributed by atoms with Crippen LogP contribution in [0.15, 0.2) is 29.3 Å². The van der Waals surface area contributed by atoms with Crippen LogP contribution in [-0.4, -0.2) is 32.3 Å². The van der Waals surface area contributed by atoms with Crippen molar-refractivity contribution >= 4 is 23.3 Å². The Bertz CT molecular complexity index is 392. The Morgan fingerprint density at radius 1 is 1.44 bits per heavy atom. The number of amidine groups is 1. The summed E-state index contributed by atoms with van der Waals surface area (Å²) in [4.78, 5) is 6.02. The first kappa shape index (κ1) is 14.6. The van der Waals surface area contributed by atoms with E-state index in [0.717, 1.165) is 11.6 Å². The molecule has 1 aromatic carbocycles. The zero-order valence-corrected chi connectivity index (χ0v) is 11.8. The van der Waals surface area contributed by atoms with E-state index in [1.807, 2.05) is 31.2 Å². The van der Waals surface area contributed by atoms with E-state index in [1.165, 1.54) is 5.69 Å². The molecule has 0 saturated heterocycles. The molecule has 2 rings (SSSR count). The maximum absolute atomic E-state index is 5.74. The minimum Gasteiger partial charge on any atom is -0.463 e. The molecule has 0 fully saturated rings. The highest BCUT2D eigenvalue weighted by Gasteiger charge is 2.08. The summed E-state index contributed by atoms with van der Waals surface area (Å²) in [5.74, 6) is 0. The van der Waals surface area contributed by atoms with Gasteiger partial charge >= 0.3 is 0 Å². The largest absolute Gasteiger partial charge is 0.463 e. The van der Waals surface area contributed by atoms with Crippen LogP contribution in [0, 0.1) is 0 Å². The molecule has 1 heterocycles. The van der Waals surface area contributed by atoms with Crippen LogP contribution in [-0.2, 0) is 4.74 Å². The molecule has 100 valence electrons. The van der Waals surface area contributed by atoms with Crippen LogP contribution in [0.4, 0.5) is 5.69 Å². The molecule has 1 aliphatic heterocycles. The van der Waals surface area contributed by atoms with Crippen molar-refractivity contribution < 1.29 is 4.74 Å². The van der Waals surface area contributed by atoms with Crippen molar-refractivity contribution in [2.75, 3.05) is 25.1 Å². The van der Waals surface area contributed by atoms with Gasteiger partial charge in [-0.25, -0.2) is 4.99 Å². The van der Waals surface area contributed by atoms with E-state index in [2.05, 4.69) is 23.9 Å². The van der Waals surface area contributed by atoms with Crippen LogP contribution in [0.2, 0.25) is 5.02 Å².